The zero-order valence-corrected chi connectivity index (χ0v) is 12.5. The van der Waals surface area contributed by atoms with Crippen LogP contribution in [0.25, 0.3) is 0 Å². The standard InChI is InChI=1S/C13H29N3O2/c1-6-7-9-18-10-8-15-12(14-4)16-11-13(2,3)17-5/h6-11H2,1-5H3,(H2,14,15,16). The lowest BCUT2D eigenvalue weighted by atomic mass is 10.1. The van der Waals surface area contributed by atoms with Crippen LogP contribution in [-0.4, -0.2) is 52.0 Å². The molecule has 0 rings (SSSR count). The maximum absolute atomic E-state index is 5.47. The lowest BCUT2D eigenvalue weighted by molar-refractivity contribution is 0.0268. The fourth-order valence-electron chi connectivity index (χ4n) is 1.18. The van der Waals surface area contributed by atoms with Gasteiger partial charge >= 0.3 is 0 Å². The van der Waals surface area contributed by atoms with Gasteiger partial charge in [-0.05, 0) is 20.3 Å². The first-order valence-electron chi connectivity index (χ1n) is 6.63. The average Bonchev–Trinajstić information content (AvgIpc) is 2.37. The fourth-order valence-corrected chi connectivity index (χ4v) is 1.18. The highest BCUT2D eigenvalue weighted by molar-refractivity contribution is 5.79. The average molecular weight is 259 g/mol. The lowest BCUT2D eigenvalue weighted by Crippen LogP contribution is -2.46. The molecule has 0 atom stereocenters. The van der Waals surface area contributed by atoms with E-state index in [-0.39, 0.29) is 5.60 Å². The second-order valence-corrected chi connectivity index (χ2v) is 4.78. The van der Waals surface area contributed by atoms with Crippen LogP contribution in [0.5, 0.6) is 0 Å². The van der Waals surface area contributed by atoms with Gasteiger partial charge in [-0.15, -0.1) is 0 Å². The van der Waals surface area contributed by atoms with E-state index >= 15 is 0 Å². The molecule has 0 spiro atoms. The summed E-state index contributed by atoms with van der Waals surface area (Å²) in [5.74, 6) is 0.777. The zero-order valence-electron chi connectivity index (χ0n) is 12.5. The molecule has 0 aromatic rings. The van der Waals surface area contributed by atoms with E-state index in [0.717, 1.165) is 25.5 Å². The molecule has 0 bridgehead atoms. The summed E-state index contributed by atoms with van der Waals surface area (Å²) in [6.45, 7) is 9.22. The minimum absolute atomic E-state index is 0.199. The molecular weight excluding hydrogens is 230 g/mol. The highest BCUT2D eigenvalue weighted by Gasteiger charge is 2.16. The largest absolute Gasteiger partial charge is 0.380 e. The van der Waals surface area contributed by atoms with E-state index in [0.29, 0.717) is 13.2 Å². The van der Waals surface area contributed by atoms with Crippen LogP contribution in [0.4, 0.5) is 0 Å². The van der Waals surface area contributed by atoms with Crippen LogP contribution in [0.3, 0.4) is 0 Å². The lowest BCUT2D eigenvalue weighted by Gasteiger charge is -2.24. The number of hydrogen-bond acceptors (Lipinski definition) is 3. The van der Waals surface area contributed by atoms with Gasteiger partial charge in [-0.1, -0.05) is 13.3 Å². The first-order valence-corrected chi connectivity index (χ1v) is 6.63. The summed E-state index contributed by atoms with van der Waals surface area (Å²) in [5.41, 5.74) is -0.199. The SMILES string of the molecule is CCCCOCCNC(=NC)NCC(C)(C)OC. The van der Waals surface area contributed by atoms with Crippen molar-refractivity contribution in [1.82, 2.24) is 10.6 Å². The van der Waals surface area contributed by atoms with E-state index < -0.39 is 0 Å². The predicted molar refractivity (Wildman–Crippen MR) is 76.2 cm³/mol. The van der Waals surface area contributed by atoms with Crippen LogP contribution >= 0.6 is 0 Å². The summed E-state index contributed by atoms with van der Waals surface area (Å²) in [4.78, 5) is 4.14. The summed E-state index contributed by atoms with van der Waals surface area (Å²) < 4.78 is 10.8. The van der Waals surface area contributed by atoms with Gasteiger partial charge in [-0.3, -0.25) is 4.99 Å². The van der Waals surface area contributed by atoms with Gasteiger partial charge in [0.05, 0.1) is 12.2 Å². The smallest absolute Gasteiger partial charge is 0.191 e. The van der Waals surface area contributed by atoms with Gasteiger partial charge in [0.1, 0.15) is 0 Å². The first-order chi connectivity index (χ1) is 8.55. The monoisotopic (exact) mass is 259 g/mol. The Bertz CT molecular complexity index is 230. The van der Waals surface area contributed by atoms with Crippen molar-refractivity contribution in [2.75, 3.05) is 40.5 Å². The number of guanidine groups is 1. The van der Waals surface area contributed by atoms with Crippen molar-refractivity contribution < 1.29 is 9.47 Å². The highest BCUT2D eigenvalue weighted by atomic mass is 16.5. The Hall–Kier alpha value is -0.810. The number of aliphatic imine (C=N–C) groups is 1. The van der Waals surface area contributed by atoms with Gasteiger partial charge in [-0.2, -0.15) is 0 Å². The normalized spacial score (nSPS) is 12.6. The van der Waals surface area contributed by atoms with E-state index in [4.69, 9.17) is 9.47 Å². The summed E-state index contributed by atoms with van der Waals surface area (Å²) in [5, 5.41) is 6.42. The van der Waals surface area contributed by atoms with Crippen molar-refractivity contribution in [2.24, 2.45) is 4.99 Å². The molecule has 0 radical (unpaired) electrons. The van der Waals surface area contributed by atoms with Crippen LogP contribution in [0, 0.1) is 0 Å². The highest BCUT2D eigenvalue weighted by Crippen LogP contribution is 2.04. The Morgan fingerprint density at radius 1 is 1.22 bits per heavy atom. The topological polar surface area (TPSA) is 54.9 Å². The molecule has 0 unspecified atom stereocenters. The van der Waals surface area contributed by atoms with Gasteiger partial charge in [-0.25, -0.2) is 0 Å². The Balaban J connectivity index is 3.66. The maximum Gasteiger partial charge on any atom is 0.191 e. The molecule has 0 saturated heterocycles. The molecule has 0 aliphatic carbocycles. The van der Waals surface area contributed by atoms with Crippen LogP contribution < -0.4 is 10.6 Å². The minimum atomic E-state index is -0.199. The van der Waals surface area contributed by atoms with E-state index in [9.17, 15) is 0 Å². The van der Waals surface area contributed by atoms with E-state index in [1.807, 2.05) is 13.8 Å². The van der Waals surface area contributed by atoms with E-state index in [1.165, 1.54) is 6.42 Å². The number of rotatable bonds is 9. The molecule has 0 fully saturated rings. The number of ether oxygens (including phenoxy) is 2. The van der Waals surface area contributed by atoms with Gasteiger partial charge in [0.15, 0.2) is 5.96 Å². The van der Waals surface area contributed by atoms with E-state index in [1.54, 1.807) is 14.2 Å². The molecule has 2 N–H and O–H groups in total. The molecule has 5 nitrogen and oxygen atoms in total. The van der Waals surface area contributed by atoms with Crippen LogP contribution in [-0.2, 0) is 9.47 Å². The van der Waals surface area contributed by atoms with Crippen molar-refractivity contribution >= 4 is 5.96 Å². The molecule has 0 aromatic heterocycles. The number of nitrogens with zero attached hydrogens (tertiary/aromatic N) is 1. The second-order valence-electron chi connectivity index (χ2n) is 4.78. The minimum Gasteiger partial charge on any atom is -0.380 e. The molecule has 0 aliphatic rings. The first kappa shape index (κ1) is 17.2. The van der Waals surface area contributed by atoms with Crippen LogP contribution in [0.1, 0.15) is 33.6 Å². The third-order valence-electron chi connectivity index (χ3n) is 2.64. The Labute approximate surface area is 111 Å². The van der Waals surface area contributed by atoms with Crippen molar-refractivity contribution in [2.45, 2.75) is 39.2 Å². The van der Waals surface area contributed by atoms with Crippen LogP contribution in [0.2, 0.25) is 0 Å². The van der Waals surface area contributed by atoms with Gasteiger partial charge in [0.25, 0.3) is 0 Å². The molecule has 18 heavy (non-hydrogen) atoms. The number of nitrogens with one attached hydrogen (secondary N) is 2. The molecule has 0 aliphatic heterocycles. The predicted octanol–water partition coefficient (Wildman–Crippen LogP) is 1.39. The summed E-state index contributed by atoms with van der Waals surface area (Å²) in [6.07, 6.45) is 2.29. The zero-order chi connectivity index (χ0) is 13.9. The summed E-state index contributed by atoms with van der Waals surface area (Å²) in [6, 6.07) is 0. The Kier molecular flexibility index (Phi) is 9.69. The molecule has 5 heteroatoms. The number of hydrogen-bond donors (Lipinski definition) is 2. The van der Waals surface area contributed by atoms with E-state index in [2.05, 4.69) is 22.5 Å². The van der Waals surface area contributed by atoms with Crippen molar-refractivity contribution in [1.29, 1.82) is 0 Å². The summed E-state index contributed by atoms with van der Waals surface area (Å²) >= 11 is 0. The van der Waals surface area contributed by atoms with Crippen molar-refractivity contribution in [3.63, 3.8) is 0 Å². The quantitative estimate of drug-likeness (QED) is 0.373. The fraction of sp³-hybridized carbons (Fsp3) is 0.923. The molecule has 0 amide bonds. The third kappa shape index (κ3) is 9.24. The second kappa shape index (κ2) is 10.1. The number of methoxy groups -OCH3 is 1. The Morgan fingerprint density at radius 2 is 1.94 bits per heavy atom. The van der Waals surface area contributed by atoms with Crippen molar-refractivity contribution in [3.8, 4) is 0 Å². The number of unbranched alkanes of at least 4 members (excludes halogenated alkanes) is 1. The van der Waals surface area contributed by atoms with Gasteiger partial charge in [0, 0.05) is 33.9 Å². The maximum atomic E-state index is 5.47. The summed E-state index contributed by atoms with van der Waals surface area (Å²) in [7, 11) is 3.46. The third-order valence-corrected chi connectivity index (χ3v) is 2.64. The molecule has 0 saturated carbocycles. The molecule has 0 heterocycles. The van der Waals surface area contributed by atoms with Crippen molar-refractivity contribution in [3.05, 3.63) is 0 Å². The van der Waals surface area contributed by atoms with Gasteiger partial charge in [0.2, 0.25) is 0 Å². The molecular formula is C13H29N3O2. The Morgan fingerprint density at radius 3 is 2.50 bits per heavy atom. The molecule has 108 valence electrons. The molecule has 0 aromatic carbocycles. The van der Waals surface area contributed by atoms with Gasteiger partial charge < -0.3 is 20.1 Å². The van der Waals surface area contributed by atoms with Crippen LogP contribution in [0.15, 0.2) is 4.99 Å².